The molecule has 0 atom stereocenters. The van der Waals surface area contributed by atoms with E-state index in [1.807, 2.05) is 0 Å². The topological polar surface area (TPSA) is 184 Å². The van der Waals surface area contributed by atoms with Crippen LogP contribution >= 0.6 is 0 Å². The van der Waals surface area contributed by atoms with Gasteiger partial charge in [0.15, 0.2) is 0 Å². The third-order valence-electron chi connectivity index (χ3n) is 3.15. The Morgan fingerprint density at radius 3 is 0.774 bits per heavy atom. The molecule has 0 aliphatic rings. The van der Waals surface area contributed by atoms with Crippen LogP contribution in [0.2, 0.25) is 0 Å². The minimum atomic E-state index is 0. The third-order valence-corrected chi connectivity index (χ3v) is 3.15. The van der Waals surface area contributed by atoms with E-state index < -0.39 is 0 Å². The van der Waals surface area contributed by atoms with Gasteiger partial charge in [-0.15, -0.1) is 0 Å². The molecule has 157 valence electrons. The van der Waals surface area contributed by atoms with Crippen LogP contribution in [0.25, 0.3) is 0 Å². The van der Waals surface area contributed by atoms with E-state index in [9.17, 15) is 31.2 Å². The fourth-order valence-corrected chi connectivity index (χ4v) is 1.81. The van der Waals surface area contributed by atoms with Crippen molar-refractivity contribution in [3.8, 4) is 0 Å². The van der Waals surface area contributed by atoms with Gasteiger partial charge in [-0.25, -0.2) is 0 Å². The number of hydrogen-bond donors (Lipinski definition) is 0. The summed E-state index contributed by atoms with van der Waals surface area (Å²) in [6.45, 7) is 0. The van der Waals surface area contributed by atoms with Gasteiger partial charge in [-0.3, -0.25) is 0 Å². The van der Waals surface area contributed by atoms with Crippen LogP contribution in [-0.2, 0) is 0 Å². The molecule has 13 heteroatoms. The smallest absolute Gasteiger partial charge is 0.739 e. The summed E-state index contributed by atoms with van der Waals surface area (Å²) in [5.41, 5.74) is 0.743. The fraction of sp³-hybridized carbons (Fsp3) is 0. The Hall–Kier alpha value is -3.36. The Kier molecular flexibility index (Phi) is 14.7. The van der Waals surface area contributed by atoms with Crippen LogP contribution < -0.4 is 0 Å². The Morgan fingerprint density at radius 2 is 0.613 bits per heavy atom. The van der Waals surface area contributed by atoms with Gasteiger partial charge >= 0.3 is 41.7 Å². The second kappa shape index (κ2) is 16.4. The molecule has 0 amide bonds. The molecule has 0 bridgehead atoms. The average molecular weight is 551 g/mol. The molecule has 0 heterocycles. The number of nitrogens with zero attached hydrogens (tertiary/aromatic N) is 6. The molecule has 0 aliphatic heterocycles. The molecule has 12 nitrogen and oxygen atoms in total. The van der Waals surface area contributed by atoms with E-state index in [4.69, 9.17) is 0 Å². The maximum atomic E-state index is 10.5. The van der Waals surface area contributed by atoms with Crippen molar-refractivity contribution in [3.63, 3.8) is 0 Å². The van der Waals surface area contributed by atoms with E-state index in [-0.39, 0.29) is 73.4 Å². The van der Waals surface area contributed by atoms with Crippen LogP contribution in [0, 0.1) is 73.0 Å². The van der Waals surface area contributed by atoms with Crippen molar-refractivity contribution < 1.29 is 56.3 Å². The summed E-state index contributed by atoms with van der Waals surface area (Å²) in [5.74, 6) is 0. The van der Waals surface area contributed by atoms with Crippen molar-refractivity contribution in [3.05, 3.63) is 122 Å². The summed E-state index contributed by atoms with van der Waals surface area (Å²) >= 11 is 0. The van der Waals surface area contributed by atoms with E-state index in [0.29, 0.717) is 0 Å². The third kappa shape index (κ3) is 10.8. The standard InChI is InChI=1S/3C6H6N2O2.Ce/c3*9-7-8(10)6-4-2-1-3-5-6;/h3*1-5,9H;/q;;;+3/p-3. The molecule has 31 heavy (non-hydrogen) atoms. The zero-order valence-electron chi connectivity index (χ0n) is 15.8. The largest absolute Gasteiger partial charge is 3.00 e. The van der Waals surface area contributed by atoms with Crippen molar-refractivity contribution in [1.82, 2.24) is 0 Å². The Balaban J connectivity index is 0.000000429. The second-order valence-electron chi connectivity index (χ2n) is 5.07. The summed E-state index contributed by atoms with van der Waals surface area (Å²) in [6, 6.07) is 24.3. The molecule has 0 aliphatic carbocycles. The van der Waals surface area contributed by atoms with E-state index >= 15 is 0 Å². The molecule has 1 radical (unpaired) electrons. The summed E-state index contributed by atoms with van der Waals surface area (Å²) in [7, 11) is 0. The predicted molar refractivity (Wildman–Crippen MR) is 107 cm³/mol. The number of hydrogen-bond acceptors (Lipinski definition) is 9. The average Bonchev–Trinajstić information content (AvgIpc) is 2.85. The van der Waals surface area contributed by atoms with Gasteiger partial charge in [-0.1, -0.05) is 69.2 Å². The molecule has 0 N–H and O–H groups in total. The van der Waals surface area contributed by atoms with Gasteiger partial charge in [-0.2, -0.15) is 0 Å². The van der Waals surface area contributed by atoms with E-state index in [0.717, 1.165) is 0 Å². The van der Waals surface area contributed by atoms with Crippen LogP contribution in [-0.4, -0.2) is 14.6 Å². The first-order chi connectivity index (χ1) is 14.5. The minimum Gasteiger partial charge on any atom is -0.739 e. The SMILES string of the molecule is [Ce+3].[O-]N=[N+]([O-])c1ccccc1.[O-]N=[N+]([O-])c1ccccc1.[O-]N=[N+]([O-])c1ccccc1. The maximum absolute atomic E-state index is 10.5. The van der Waals surface area contributed by atoms with Crippen LogP contribution in [0.3, 0.4) is 0 Å². The summed E-state index contributed by atoms with van der Waals surface area (Å²) in [4.78, 5) is 0.0833. The Labute approximate surface area is 210 Å². The van der Waals surface area contributed by atoms with Crippen LogP contribution in [0.5, 0.6) is 0 Å². The van der Waals surface area contributed by atoms with Gasteiger partial charge < -0.3 is 31.2 Å². The molecule has 3 aromatic carbocycles. The molecule has 0 spiro atoms. The molecule has 0 aromatic heterocycles. The van der Waals surface area contributed by atoms with Crippen molar-refractivity contribution in [2.45, 2.75) is 0 Å². The first-order valence-corrected chi connectivity index (χ1v) is 8.10. The quantitative estimate of drug-likeness (QED) is 0.240. The van der Waals surface area contributed by atoms with Crippen molar-refractivity contribution in [2.75, 3.05) is 0 Å². The summed E-state index contributed by atoms with van der Waals surface area (Å²) in [6.07, 6.45) is 0. The van der Waals surface area contributed by atoms with Crippen molar-refractivity contribution >= 4 is 17.1 Å². The van der Waals surface area contributed by atoms with Gasteiger partial charge in [0, 0.05) is 36.4 Å². The number of rotatable bonds is 3. The van der Waals surface area contributed by atoms with Crippen LogP contribution in [0.4, 0.5) is 17.1 Å². The van der Waals surface area contributed by atoms with Gasteiger partial charge in [0.1, 0.15) is 0 Å². The van der Waals surface area contributed by atoms with Gasteiger partial charge in [-0.05, 0) is 15.8 Å². The van der Waals surface area contributed by atoms with Crippen LogP contribution in [0.15, 0.2) is 107 Å². The van der Waals surface area contributed by atoms with Crippen LogP contribution in [0.1, 0.15) is 0 Å². The summed E-state index contributed by atoms with van der Waals surface area (Å²) in [5, 5.41) is 66.9. The zero-order chi connectivity index (χ0) is 22.2. The Morgan fingerprint density at radius 1 is 0.419 bits per heavy atom. The minimum absolute atomic E-state index is 0. The van der Waals surface area contributed by atoms with E-state index in [1.165, 1.54) is 36.4 Å². The Bertz CT molecular complexity index is 832. The molecular weight excluding hydrogens is 536 g/mol. The van der Waals surface area contributed by atoms with Gasteiger partial charge in [0.05, 0.1) is 0 Å². The number of para-hydroxylation sites is 3. The molecule has 0 saturated carbocycles. The predicted octanol–water partition coefficient (Wildman–Crippen LogP) is 5.34. The summed E-state index contributed by atoms with van der Waals surface area (Å²) < 4.78 is 0. The van der Waals surface area contributed by atoms with E-state index in [2.05, 4.69) is 15.8 Å². The van der Waals surface area contributed by atoms with Crippen molar-refractivity contribution in [1.29, 1.82) is 0 Å². The molecule has 3 aromatic rings. The molecule has 0 fully saturated rings. The molecule has 0 saturated heterocycles. The van der Waals surface area contributed by atoms with E-state index in [1.54, 1.807) is 54.6 Å². The molecule has 0 unspecified atom stereocenters. The van der Waals surface area contributed by atoms with Gasteiger partial charge in [0.2, 0.25) is 17.1 Å². The molecule has 3 rings (SSSR count). The van der Waals surface area contributed by atoms with Gasteiger partial charge in [0.25, 0.3) is 0 Å². The maximum Gasteiger partial charge on any atom is 3.00 e. The number of benzene rings is 3. The van der Waals surface area contributed by atoms with Crippen molar-refractivity contribution in [2.24, 2.45) is 15.8 Å². The zero-order valence-corrected chi connectivity index (χ0v) is 18.9. The first-order valence-electron chi connectivity index (χ1n) is 8.10. The normalized spacial score (nSPS) is 11.0. The second-order valence-corrected chi connectivity index (χ2v) is 5.07. The first kappa shape index (κ1) is 27.6. The monoisotopic (exact) mass is 551 g/mol. The fourth-order valence-electron chi connectivity index (χ4n) is 1.81. The molecular formula is C18H15CeN6O6.